The molecule has 1 saturated heterocycles. The van der Waals surface area contributed by atoms with Crippen LogP contribution in [0.4, 0.5) is 0 Å². The molecule has 2 unspecified atom stereocenters. The molecular formula is C20H20ClNO4. The quantitative estimate of drug-likeness (QED) is 0.763. The van der Waals surface area contributed by atoms with Crippen LogP contribution in [0.15, 0.2) is 48.5 Å². The number of carbonyl (C=O) groups excluding carboxylic acids is 2. The van der Waals surface area contributed by atoms with Gasteiger partial charge in [-0.1, -0.05) is 35.9 Å². The van der Waals surface area contributed by atoms with Gasteiger partial charge < -0.3 is 14.4 Å². The summed E-state index contributed by atoms with van der Waals surface area (Å²) in [6.07, 6.45) is 1.16. The van der Waals surface area contributed by atoms with Crippen LogP contribution in [-0.2, 0) is 9.53 Å². The average molecular weight is 374 g/mol. The highest BCUT2D eigenvalue weighted by Gasteiger charge is 2.43. The van der Waals surface area contributed by atoms with Crippen molar-refractivity contribution in [2.45, 2.75) is 24.9 Å². The summed E-state index contributed by atoms with van der Waals surface area (Å²) >= 11 is 6.35. The fraction of sp³-hybridized carbons (Fsp3) is 0.300. The van der Waals surface area contributed by atoms with E-state index < -0.39 is 12.0 Å². The van der Waals surface area contributed by atoms with Gasteiger partial charge in [-0.05, 0) is 42.7 Å². The van der Waals surface area contributed by atoms with Gasteiger partial charge in [-0.3, -0.25) is 4.79 Å². The maximum absolute atomic E-state index is 13.3. The normalized spacial score (nSPS) is 19.3. The second-order valence-corrected chi connectivity index (χ2v) is 6.51. The SMILES string of the molecule is COC(=O)C1CCC(c2ccccc2Cl)N1C(=O)c1cccc(OC)c1. The van der Waals surface area contributed by atoms with Gasteiger partial charge in [0.05, 0.1) is 20.3 Å². The van der Waals surface area contributed by atoms with Crippen molar-refractivity contribution in [1.29, 1.82) is 0 Å². The summed E-state index contributed by atoms with van der Waals surface area (Å²) in [4.78, 5) is 27.1. The third-order valence-corrected chi connectivity index (χ3v) is 5.02. The molecule has 0 saturated carbocycles. The van der Waals surface area contributed by atoms with Crippen molar-refractivity contribution in [2.75, 3.05) is 14.2 Å². The predicted molar refractivity (Wildman–Crippen MR) is 98.4 cm³/mol. The Morgan fingerprint density at radius 2 is 1.85 bits per heavy atom. The van der Waals surface area contributed by atoms with E-state index in [-0.39, 0.29) is 11.9 Å². The standard InChI is InChI=1S/C20H20ClNO4/c1-25-14-7-5-6-13(12-14)19(23)22-17(10-11-18(22)20(24)26-2)15-8-3-4-9-16(15)21/h3-9,12,17-18H,10-11H2,1-2H3. The van der Waals surface area contributed by atoms with Gasteiger partial charge in [0.25, 0.3) is 5.91 Å². The van der Waals surface area contributed by atoms with Gasteiger partial charge in [0.15, 0.2) is 0 Å². The molecule has 26 heavy (non-hydrogen) atoms. The lowest BCUT2D eigenvalue weighted by atomic mass is 10.0. The number of ether oxygens (including phenoxy) is 2. The molecule has 0 aliphatic carbocycles. The lowest BCUT2D eigenvalue weighted by Gasteiger charge is -2.30. The highest BCUT2D eigenvalue weighted by Crippen LogP contribution is 2.40. The van der Waals surface area contributed by atoms with E-state index in [0.29, 0.717) is 29.2 Å². The van der Waals surface area contributed by atoms with Crippen molar-refractivity contribution in [1.82, 2.24) is 4.90 Å². The number of hydrogen-bond donors (Lipinski definition) is 0. The van der Waals surface area contributed by atoms with Crippen LogP contribution in [0.25, 0.3) is 0 Å². The summed E-state index contributed by atoms with van der Waals surface area (Å²) in [6, 6.07) is 13.4. The van der Waals surface area contributed by atoms with E-state index in [9.17, 15) is 9.59 Å². The molecule has 2 atom stereocenters. The van der Waals surface area contributed by atoms with Crippen molar-refractivity contribution in [2.24, 2.45) is 0 Å². The molecular weight excluding hydrogens is 354 g/mol. The summed E-state index contributed by atoms with van der Waals surface area (Å²) in [5.74, 6) is -0.0866. The third kappa shape index (κ3) is 3.40. The van der Waals surface area contributed by atoms with Crippen molar-refractivity contribution < 1.29 is 19.1 Å². The zero-order valence-corrected chi connectivity index (χ0v) is 15.4. The van der Waals surface area contributed by atoms with E-state index in [2.05, 4.69) is 0 Å². The lowest BCUT2D eigenvalue weighted by molar-refractivity contribution is -0.145. The largest absolute Gasteiger partial charge is 0.497 e. The highest BCUT2D eigenvalue weighted by atomic mass is 35.5. The van der Waals surface area contributed by atoms with Crippen LogP contribution in [0.2, 0.25) is 5.02 Å². The van der Waals surface area contributed by atoms with Crippen LogP contribution in [0.1, 0.15) is 34.8 Å². The van der Waals surface area contributed by atoms with E-state index in [1.54, 1.807) is 42.3 Å². The molecule has 1 aliphatic rings. The van der Waals surface area contributed by atoms with Crippen LogP contribution in [-0.4, -0.2) is 37.0 Å². The average Bonchev–Trinajstić information content (AvgIpc) is 3.12. The molecule has 0 N–H and O–H groups in total. The number of halogens is 1. The van der Waals surface area contributed by atoms with Crippen LogP contribution in [0.5, 0.6) is 5.75 Å². The zero-order valence-electron chi connectivity index (χ0n) is 14.6. The number of likely N-dealkylation sites (tertiary alicyclic amines) is 1. The van der Waals surface area contributed by atoms with Crippen molar-refractivity contribution in [3.63, 3.8) is 0 Å². The Hall–Kier alpha value is -2.53. The van der Waals surface area contributed by atoms with Gasteiger partial charge in [0.2, 0.25) is 0 Å². The molecule has 6 heteroatoms. The van der Waals surface area contributed by atoms with Crippen LogP contribution < -0.4 is 4.74 Å². The molecule has 1 amide bonds. The van der Waals surface area contributed by atoms with Crippen LogP contribution in [0.3, 0.4) is 0 Å². The van der Waals surface area contributed by atoms with E-state index in [0.717, 1.165) is 5.56 Å². The van der Waals surface area contributed by atoms with E-state index in [1.807, 2.05) is 18.2 Å². The molecule has 1 fully saturated rings. The smallest absolute Gasteiger partial charge is 0.328 e. The summed E-state index contributed by atoms with van der Waals surface area (Å²) in [6.45, 7) is 0. The molecule has 1 heterocycles. The Morgan fingerprint density at radius 3 is 2.54 bits per heavy atom. The van der Waals surface area contributed by atoms with Gasteiger partial charge in [-0.15, -0.1) is 0 Å². The van der Waals surface area contributed by atoms with Gasteiger partial charge >= 0.3 is 5.97 Å². The Labute approximate surface area is 157 Å². The maximum Gasteiger partial charge on any atom is 0.328 e. The van der Waals surface area contributed by atoms with Gasteiger partial charge in [-0.25, -0.2) is 4.79 Å². The second-order valence-electron chi connectivity index (χ2n) is 6.10. The first-order valence-corrected chi connectivity index (χ1v) is 8.73. The molecule has 0 spiro atoms. The molecule has 3 rings (SSSR count). The number of hydrogen-bond acceptors (Lipinski definition) is 4. The Kier molecular flexibility index (Phi) is 5.47. The lowest BCUT2D eigenvalue weighted by Crippen LogP contribution is -2.42. The van der Waals surface area contributed by atoms with Gasteiger partial charge in [0, 0.05) is 10.6 Å². The molecule has 0 bridgehead atoms. The molecule has 5 nitrogen and oxygen atoms in total. The summed E-state index contributed by atoms with van der Waals surface area (Å²) in [5, 5.41) is 0.575. The summed E-state index contributed by atoms with van der Waals surface area (Å²) < 4.78 is 10.1. The molecule has 1 aliphatic heterocycles. The van der Waals surface area contributed by atoms with Gasteiger partial charge in [-0.2, -0.15) is 0 Å². The number of carbonyl (C=O) groups is 2. The fourth-order valence-corrected chi connectivity index (χ4v) is 3.68. The van der Waals surface area contributed by atoms with E-state index in [1.165, 1.54) is 7.11 Å². The van der Waals surface area contributed by atoms with E-state index in [4.69, 9.17) is 21.1 Å². The number of nitrogens with zero attached hydrogens (tertiary/aromatic N) is 1. The topological polar surface area (TPSA) is 55.8 Å². The minimum Gasteiger partial charge on any atom is -0.497 e. The zero-order chi connectivity index (χ0) is 18.7. The minimum absolute atomic E-state index is 0.248. The predicted octanol–water partition coefficient (Wildman–Crippen LogP) is 3.87. The Balaban J connectivity index is 2.02. The van der Waals surface area contributed by atoms with Crippen LogP contribution in [0, 0.1) is 0 Å². The monoisotopic (exact) mass is 373 g/mol. The summed E-state index contributed by atoms with van der Waals surface area (Å²) in [5.41, 5.74) is 1.29. The molecule has 2 aromatic rings. The van der Waals surface area contributed by atoms with Crippen molar-refractivity contribution >= 4 is 23.5 Å². The molecule has 136 valence electrons. The van der Waals surface area contributed by atoms with Crippen molar-refractivity contribution in [3.8, 4) is 5.75 Å². The second kappa shape index (κ2) is 7.79. The molecule has 0 radical (unpaired) electrons. The number of amides is 1. The first-order valence-electron chi connectivity index (χ1n) is 8.35. The minimum atomic E-state index is -0.639. The highest BCUT2D eigenvalue weighted by molar-refractivity contribution is 6.31. The van der Waals surface area contributed by atoms with Gasteiger partial charge in [0.1, 0.15) is 11.8 Å². The molecule has 0 aromatic heterocycles. The van der Waals surface area contributed by atoms with E-state index >= 15 is 0 Å². The number of methoxy groups -OCH3 is 2. The first-order chi connectivity index (χ1) is 12.6. The summed E-state index contributed by atoms with van der Waals surface area (Å²) in [7, 11) is 2.88. The molecule has 2 aromatic carbocycles. The first kappa shape index (κ1) is 18.3. The Bertz CT molecular complexity index is 823. The number of benzene rings is 2. The number of rotatable bonds is 4. The van der Waals surface area contributed by atoms with Crippen LogP contribution >= 0.6 is 11.6 Å². The number of esters is 1. The third-order valence-electron chi connectivity index (χ3n) is 4.67. The Morgan fingerprint density at radius 1 is 1.08 bits per heavy atom. The van der Waals surface area contributed by atoms with Crippen molar-refractivity contribution in [3.05, 3.63) is 64.7 Å². The maximum atomic E-state index is 13.3. The fourth-order valence-electron chi connectivity index (χ4n) is 3.42.